The monoisotopic (exact) mass is 583 g/mol. The Morgan fingerprint density at radius 3 is 2.60 bits per heavy atom. The van der Waals surface area contributed by atoms with Gasteiger partial charge in [-0.15, -0.1) is 11.3 Å². The van der Waals surface area contributed by atoms with Crippen LogP contribution in [0.4, 0.5) is 5.13 Å². The molecule has 3 aromatic rings. The summed E-state index contributed by atoms with van der Waals surface area (Å²) in [4.78, 5) is 20.8. The van der Waals surface area contributed by atoms with Gasteiger partial charge in [0, 0.05) is 43.2 Å². The number of piperidine rings is 1. The molecule has 1 aromatic heterocycles. The van der Waals surface area contributed by atoms with E-state index in [-0.39, 0.29) is 23.5 Å². The highest BCUT2D eigenvalue weighted by molar-refractivity contribution is 7.91. The number of aromatic nitrogens is 1. The molecular formula is C30H37N3O5S2. The van der Waals surface area contributed by atoms with E-state index in [1.165, 1.54) is 5.56 Å². The first kappa shape index (κ1) is 28.6. The van der Waals surface area contributed by atoms with Crippen LogP contribution in [0.25, 0.3) is 11.3 Å². The molecule has 3 heterocycles. The summed E-state index contributed by atoms with van der Waals surface area (Å²) >= 11 is 1.59. The summed E-state index contributed by atoms with van der Waals surface area (Å²) in [5, 5.41) is 12.4. The number of carboxylic acid groups (broad SMARTS) is 1. The summed E-state index contributed by atoms with van der Waals surface area (Å²) in [6.45, 7) is 9.25. The zero-order chi connectivity index (χ0) is 28.4. The highest BCUT2D eigenvalue weighted by atomic mass is 32.2. The maximum absolute atomic E-state index is 11.7. The van der Waals surface area contributed by atoms with Crippen molar-refractivity contribution in [3.63, 3.8) is 0 Å². The Kier molecular flexibility index (Phi) is 8.49. The van der Waals surface area contributed by atoms with Crippen LogP contribution in [0.3, 0.4) is 0 Å². The number of hydrogen-bond donors (Lipinski definition) is 1. The number of ether oxygens (including phenoxy) is 1. The van der Waals surface area contributed by atoms with E-state index in [1.54, 1.807) is 11.3 Å². The average molecular weight is 584 g/mol. The van der Waals surface area contributed by atoms with E-state index in [2.05, 4.69) is 60.2 Å². The predicted octanol–water partition coefficient (Wildman–Crippen LogP) is 4.93. The Bertz CT molecular complexity index is 1470. The summed E-state index contributed by atoms with van der Waals surface area (Å²) in [6, 6.07) is 12.6. The van der Waals surface area contributed by atoms with Gasteiger partial charge < -0.3 is 14.7 Å². The molecule has 0 radical (unpaired) electrons. The summed E-state index contributed by atoms with van der Waals surface area (Å²) in [6.07, 6.45) is 1.26. The minimum Gasteiger partial charge on any atom is -0.488 e. The molecule has 2 unspecified atom stereocenters. The fourth-order valence-corrected chi connectivity index (χ4v) is 7.74. The molecule has 0 bridgehead atoms. The number of rotatable bonds is 8. The van der Waals surface area contributed by atoms with E-state index < -0.39 is 15.8 Å². The third-order valence-electron chi connectivity index (χ3n) is 8.01. The second kappa shape index (κ2) is 11.9. The van der Waals surface area contributed by atoms with Gasteiger partial charge in [0.25, 0.3) is 0 Å². The summed E-state index contributed by atoms with van der Waals surface area (Å²) in [5.74, 6) is 0.248. The van der Waals surface area contributed by atoms with E-state index in [0.29, 0.717) is 39.1 Å². The van der Waals surface area contributed by atoms with Crippen LogP contribution in [-0.4, -0.2) is 66.6 Å². The Labute approximate surface area is 240 Å². The highest BCUT2D eigenvalue weighted by Gasteiger charge is 2.31. The highest BCUT2D eigenvalue weighted by Crippen LogP contribution is 2.37. The number of carbonyl (C=O) groups is 1. The quantitative estimate of drug-likeness (QED) is 0.399. The summed E-state index contributed by atoms with van der Waals surface area (Å²) < 4.78 is 29.8. The molecule has 1 N–H and O–H groups in total. The van der Waals surface area contributed by atoms with Crippen molar-refractivity contribution in [3.8, 4) is 17.0 Å². The zero-order valence-corrected chi connectivity index (χ0v) is 24.9. The van der Waals surface area contributed by atoms with Crippen molar-refractivity contribution in [2.45, 2.75) is 52.8 Å². The van der Waals surface area contributed by atoms with Crippen LogP contribution >= 0.6 is 11.3 Å². The summed E-state index contributed by atoms with van der Waals surface area (Å²) in [5.41, 5.74) is 6.36. The number of hydrogen-bond acceptors (Lipinski definition) is 8. The Morgan fingerprint density at radius 2 is 1.90 bits per heavy atom. The second-order valence-electron chi connectivity index (χ2n) is 11.1. The van der Waals surface area contributed by atoms with Crippen molar-refractivity contribution in [1.82, 2.24) is 9.88 Å². The van der Waals surface area contributed by atoms with Crippen LogP contribution in [-0.2, 0) is 27.8 Å². The molecule has 0 spiro atoms. The lowest BCUT2D eigenvalue weighted by Crippen LogP contribution is -2.42. The molecule has 2 aromatic carbocycles. The van der Waals surface area contributed by atoms with Crippen molar-refractivity contribution in [3.05, 3.63) is 64.0 Å². The minimum absolute atomic E-state index is 0.121. The van der Waals surface area contributed by atoms with Gasteiger partial charge in [-0.05, 0) is 62.4 Å². The lowest BCUT2D eigenvalue weighted by atomic mass is 9.92. The van der Waals surface area contributed by atoms with Gasteiger partial charge in [-0.3, -0.25) is 9.69 Å². The van der Waals surface area contributed by atoms with Crippen LogP contribution in [0.15, 0.2) is 41.8 Å². The Morgan fingerprint density at radius 1 is 1.12 bits per heavy atom. The number of sulfone groups is 1. The molecule has 40 heavy (non-hydrogen) atoms. The second-order valence-corrected chi connectivity index (χ2v) is 14.2. The van der Waals surface area contributed by atoms with E-state index in [0.717, 1.165) is 45.4 Å². The molecular weight excluding hydrogens is 546 g/mol. The standard InChI is InChI=1S/C30H37N3O5S2/c1-20-4-7-28(26(14-20)27-19-39-30(31-27)33-9-8-24(29(34)35)16-22(33)3)38-18-25-6-5-23(15-21(25)2)17-32-10-12-40(36,37)13-11-32/h4-7,14-15,19,22,24H,8-13,16-18H2,1-3H3,(H,34,35). The number of aryl methyl sites for hydroxylation is 2. The maximum Gasteiger partial charge on any atom is 0.306 e. The predicted molar refractivity (Wildman–Crippen MR) is 159 cm³/mol. The first-order valence-electron chi connectivity index (χ1n) is 13.8. The fraction of sp³-hybridized carbons (Fsp3) is 0.467. The van der Waals surface area contributed by atoms with Crippen molar-refractivity contribution in [2.75, 3.05) is 36.0 Å². The average Bonchev–Trinajstić information content (AvgIpc) is 3.40. The molecule has 0 saturated carbocycles. The van der Waals surface area contributed by atoms with Crippen molar-refractivity contribution in [2.24, 2.45) is 5.92 Å². The zero-order valence-electron chi connectivity index (χ0n) is 23.3. The fourth-order valence-electron chi connectivity index (χ4n) is 5.51. The van der Waals surface area contributed by atoms with E-state index in [9.17, 15) is 18.3 Å². The number of carboxylic acids is 1. The van der Waals surface area contributed by atoms with Crippen LogP contribution in [0.1, 0.15) is 42.0 Å². The number of nitrogens with zero attached hydrogens (tertiary/aromatic N) is 3. The van der Waals surface area contributed by atoms with Gasteiger partial charge in [0.15, 0.2) is 15.0 Å². The number of anilines is 1. The van der Waals surface area contributed by atoms with E-state index in [4.69, 9.17) is 9.72 Å². The molecule has 2 atom stereocenters. The van der Waals surface area contributed by atoms with Gasteiger partial charge in [0.05, 0.1) is 23.1 Å². The Balaban J connectivity index is 1.26. The number of benzene rings is 2. The molecule has 2 saturated heterocycles. The topological polar surface area (TPSA) is 100 Å². The number of thiazole rings is 1. The van der Waals surface area contributed by atoms with Gasteiger partial charge >= 0.3 is 5.97 Å². The van der Waals surface area contributed by atoms with Gasteiger partial charge in [0.1, 0.15) is 12.4 Å². The SMILES string of the molecule is Cc1ccc(OCc2ccc(CN3CCS(=O)(=O)CC3)cc2C)c(-c2csc(N3CCC(C(=O)O)CC3C)n2)c1. The molecule has 2 fully saturated rings. The molecule has 214 valence electrons. The molecule has 10 heteroatoms. The molecule has 8 nitrogen and oxygen atoms in total. The maximum atomic E-state index is 11.7. The first-order chi connectivity index (χ1) is 19.1. The smallest absolute Gasteiger partial charge is 0.306 e. The van der Waals surface area contributed by atoms with Crippen molar-refractivity contribution < 1.29 is 23.1 Å². The van der Waals surface area contributed by atoms with Crippen LogP contribution in [0.2, 0.25) is 0 Å². The third-order valence-corrected chi connectivity index (χ3v) is 10.5. The van der Waals surface area contributed by atoms with Gasteiger partial charge in [-0.2, -0.15) is 0 Å². The van der Waals surface area contributed by atoms with Crippen molar-refractivity contribution in [1.29, 1.82) is 0 Å². The third kappa shape index (κ3) is 6.67. The van der Waals surface area contributed by atoms with Crippen LogP contribution in [0.5, 0.6) is 5.75 Å². The minimum atomic E-state index is -2.88. The van der Waals surface area contributed by atoms with Crippen LogP contribution in [0, 0.1) is 19.8 Å². The lowest BCUT2D eigenvalue weighted by molar-refractivity contribution is -0.142. The van der Waals surface area contributed by atoms with Gasteiger partial charge in [0.2, 0.25) is 0 Å². The van der Waals surface area contributed by atoms with E-state index in [1.807, 2.05) is 12.1 Å². The van der Waals surface area contributed by atoms with Crippen molar-refractivity contribution >= 4 is 32.3 Å². The number of aliphatic carboxylic acids is 1. The molecule has 5 rings (SSSR count). The largest absolute Gasteiger partial charge is 0.488 e. The van der Waals surface area contributed by atoms with E-state index >= 15 is 0 Å². The molecule has 2 aliphatic heterocycles. The molecule has 0 amide bonds. The normalized spacial score (nSPS) is 21.3. The molecule has 0 aliphatic carbocycles. The lowest BCUT2D eigenvalue weighted by Gasteiger charge is -2.36. The Hall–Kier alpha value is -2.95. The van der Waals surface area contributed by atoms with Gasteiger partial charge in [-0.25, -0.2) is 13.4 Å². The first-order valence-corrected chi connectivity index (χ1v) is 16.5. The summed E-state index contributed by atoms with van der Waals surface area (Å²) in [7, 11) is -2.88. The van der Waals surface area contributed by atoms with Crippen LogP contribution < -0.4 is 9.64 Å². The molecule has 2 aliphatic rings. The van der Waals surface area contributed by atoms with Gasteiger partial charge in [-0.1, -0.05) is 29.8 Å².